The van der Waals surface area contributed by atoms with Gasteiger partial charge in [0.25, 0.3) is 0 Å². The van der Waals surface area contributed by atoms with Crippen LogP contribution in [0.1, 0.15) is 33.1 Å². The van der Waals surface area contributed by atoms with Crippen LogP contribution in [0.4, 0.5) is 20.2 Å². The quantitative estimate of drug-likeness (QED) is 0.682. The maximum absolute atomic E-state index is 13.6. The van der Waals surface area contributed by atoms with Crippen molar-refractivity contribution in [1.29, 1.82) is 0 Å². The molecule has 1 fully saturated rings. The van der Waals surface area contributed by atoms with Crippen molar-refractivity contribution in [2.75, 3.05) is 5.43 Å². The Morgan fingerprint density at radius 1 is 1.30 bits per heavy atom. The van der Waals surface area contributed by atoms with Gasteiger partial charge in [-0.25, -0.2) is 9.40 Å². The standard InChI is InChI=1S/C13H17F2N3O2/c1-8-4-3-5-9(2)17(8)16-12-7-10(14)6-11(15)13(12)18(19)20/h6-9,16H,3-5H2,1-2H3. The Hall–Kier alpha value is -1.76. The Bertz CT molecular complexity index is 515. The molecule has 0 saturated carbocycles. The molecule has 110 valence electrons. The lowest BCUT2D eigenvalue weighted by molar-refractivity contribution is -0.386. The predicted octanol–water partition coefficient (Wildman–Crippen LogP) is 3.46. The van der Waals surface area contributed by atoms with Gasteiger partial charge in [0.15, 0.2) is 0 Å². The molecule has 5 nitrogen and oxygen atoms in total. The third-order valence-corrected chi connectivity index (χ3v) is 3.65. The molecule has 2 rings (SSSR count). The summed E-state index contributed by atoms with van der Waals surface area (Å²) in [6.45, 7) is 3.95. The molecule has 1 heterocycles. The number of nitrogens with zero attached hydrogens (tertiary/aromatic N) is 2. The number of halogens is 2. The van der Waals surface area contributed by atoms with Crippen LogP contribution >= 0.6 is 0 Å². The number of nitrogens with one attached hydrogen (secondary N) is 1. The van der Waals surface area contributed by atoms with E-state index in [0.29, 0.717) is 6.07 Å². The van der Waals surface area contributed by atoms with Crippen LogP contribution in [-0.4, -0.2) is 22.0 Å². The second-order valence-electron chi connectivity index (χ2n) is 5.19. The summed E-state index contributed by atoms with van der Waals surface area (Å²) in [6.07, 6.45) is 2.94. The highest BCUT2D eigenvalue weighted by Gasteiger charge is 2.29. The van der Waals surface area contributed by atoms with Crippen molar-refractivity contribution in [2.24, 2.45) is 0 Å². The molecule has 7 heteroatoms. The van der Waals surface area contributed by atoms with Crippen LogP contribution in [-0.2, 0) is 0 Å². The molecule has 0 aromatic heterocycles. The van der Waals surface area contributed by atoms with Gasteiger partial charge in [-0.05, 0) is 26.7 Å². The van der Waals surface area contributed by atoms with E-state index in [1.54, 1.807) is 0 Å². The molecule has 2 unspecified atom stereocenters. The maximum atomic E-state index is 13.6. The first-order valence-corrected chi connectivity index (χ1v) is 6.58. The monoisotopic (exact) mass is 285 g/mol. The zero-order valence-electron chi connectivity index (χ0n) is 11.4. The molecule has 2 atom stereocenters. The summed E-state index contributed by atoms with van der Waals surface area (Å²) in [5.41, 5.74) is 1.95. The summed E-state index contributed by atoms with van der Waals surface area (Å²) in [4.78, 5) is 10.1. The van der Waals surface area contributed by atoms with Gasteiger partial charge in [0.1, 0.15) is 11.5 Å². The molecule has 20 heavy (non-hydrogen) atoms. The first kappa shape index (κ1) is 14.6. The van der Waals surface area contributed by atoms with Gasteiger partial charge in [-0.15, -0.1) is 0 Å². The van der Waals surface area contributed by atoms with Gasteiger partial charge in [-0.3, -0.25) is 10.1 Å². The van der Waals surface area contributed by atoms with Gasteiger partial charge in [0.2, 0.25) is 5.82 Å². The SMILES string of the molecule is CC1CCCC(C)N1Nc1cc(F)cc(F)c1[N+](=O)[O-]. The number of anilines is 1. The normalized spacial score (nSPS) is 23.6. The molecule has 1 aliphatic rings. The van der Waals surface area contributed by atoms with E-state index in [0.717, 1.165) is 25.3 Å². The number of hydrogen-bond donors (Lipinski definition) is 1. The van der Waals surface area contributed by atoms with Gasteiger partial charge in [-0.1, -0.05) is 6.42 Å². The summed E-state index contributed by atoms with van der Waals surface area (Å²) in [6, 6.07) is 1.76. The van der Waals surface area contributed by atoms with Crippen molar-refractivity contribution in [3.05, 3.63) is 33.9 Å². The van der Waals surface area contributed by atoms with Crippen molar-refractivity contribution in [3.8, 4) is 0 Å². The highest BCUT2D eigenvalue weighted by Crippen LogP contribution is 2.31. The van der Waals surface area contributed by atoms with Crippen LogP contribution in [0.3, 0.4) is 0 Å². The fraction of sp³-hybridized carbons (Fsp3) is 0.538. The maximum Gasteiger partial charge on any atom is 0.329 e. The third kappa shape index (κ3) is 2.87. The lowest BCUT2D eigenvalue weighted by Crippen LogP contribution is -2.47. The second-order valence-corrected chi connectivity index (χ2v) is 5.19. The molecule has 1 aromatic rings. The summed E-state index contributed by atoms with van der Waals surface area (Å²) in [7, 11) is 0. The topological polar surface area (TPSA) is 58.4 Å². The fourth-order valence-corrected chi connectivity index (χ4v) is 2.62. The fourth-order valence-electron chi connectivity index (χ4n) is 2.62. The first-order chi connectivity index (χ1) is 9.40. The second kappa shape index (κ2) is 5.70. The van der Waals surface area contributed by atoms with Gasteiger partial charge in [0, 0.05) is 24.2 Å². The molecular weight excluding hydrogens is 268 g/mol. The van der Waals surface area contributed by atoms with Crippen molar-refractivity contribution in [3.63, 3.8) is 0 Å². The van der Waals surface area contributed by atoms with Crippen molar-refractivity contribution >= 4 is 11.4 Å². The van der Waals surface area contributed by atoms with Crippen LogP contribution in [0.5, 0.6) is 0 Å². The summed E-state index contributed by atoms with van der Waals surface area (Å²) in [5, 5.41) is 12.8. The van der Waals surface area contributed by atoms with Gasteiger partial charge >= 0.3 is 5.69 Å². The van der Waals surface area contributed by atoms with E-state index in [1.165, 1.54) is 0 Å². The van der Waals surface area contributed by atoms with Crippen LogP contribution in [0.2, 0.25) is 0 Å². The van der Waals surface area contributed by atoms with Crippen molar-refractivity contribution in [1.82, 2.24) is 5.01 Å². The minimum absolute atomic E-state index is 0.143. The van der Waals surface area contributed by atoms with E-state index in [-0.39, 0.29) is 17.8 Å². The van der Waals surface area contributed by atoms with Gasteiger partial charge in [0.05, 0.1) is 4.92 Å². The molecule has 0 bridgehead atoms. The Kier molecular flexibility index (Phi) is 4.17. The van der Waals surface area contributed by atoms with E-state index in [4.69, 9.17) is 0 Å². The van der Waals surface area contributed by atoms with E-state index in [9.17, 15) is 18.9 Å². The van der Waals surface area contributed by atoms with Crippen LogP contribution in [0, 0.1) is 21.7 Å². The molecule has 0 spiro atoms. The lowest BCUT2D eigenvalue weighted by Gasteiger charge is -2.39. The molecule has 1 saturated heterocycles. The predicted molar refractivity (Wildman–Crippen MR) is 71.2 cm³/mol. The van der Waals surface area contributed by atoms with Gasteiger partial charge < -0.3 is 5.43 Å². The number of piperidine rings is 1. The molecule has 1 N–H and O–H groups in total. The zero-order chi connectivity index (χ0) is 14.9. The number of hydrazine groups is 1. The highest BCUT2D eigenvalue weighted by molar-refractivity contribution is 5.61. The Morgan fingerprint density at radius 2 is 1.90 bits per heavy atom. The number of benzene rings is 1. The Labute approximate surface area is 115 Å². The van der Waals surface area contributed by atoms with Crippen molar-refractivity contribution < 1.29 is 13.7 Å². The van der Waals surface area contributed by atoms with Crippen LogP contribution < -0.4 is 5.43 Å². The van der Waals surface area contributed by atoms with Crippen LogP contribution in [0.15, 0.2) is 12.1 Å². The number of hydrogen-bond acceptors (Lipinski definition) is 4. The molecule has 0 radical (unpaired) electrons. The molecule has 1 aromatic carbocycles. The largest absolute Gasteiger partial charge is 0.329 e. The lowest BCUT2D eigenvalue weighted by atomic mass is 10.00. The van der Waals surface area contributed by atoms with Gasteiger partial charge in [-0.2, -0.15) is 4.39 Å². The summed E-state index contributed by atoms with van der Waals surface area (Å²) >= 11 is 0. The minimum atomic E-state index is -1.17. The van der Waals surface area contributed by atoms with E-state index in [1.807, 2.05) is 18.9 Å². The number of nitro benzene ring substituents is 1. The van der Waals surface area contributed by atoms with E-state index < -0.39 is 22.2 Å². The summed E-state index contributed by atoms with van der Waals surface area (Å²) in [5.74, 6) is -2.01. The Balaban J connectivity index is 2.34. The number of nitro groups is 1. The number of rotatable bonds is 3. The summed E-state index contributed by atoms with van der Waals surface area (Å²) < 4.78 is 26.9. The first-order valence-electron chi connectivity index (χ1n) is 6.58. The molecule has 0 aliphatic carbocycles. The molecule has 1 aliphatic heterocycles. The van der Waals surface area contributed by atoms with Crippen molar-refractivity contribution in [2.45, 2.75) is 45.2 Å². The zero-order valence-corrected chi connectivity index (χ0v) is 11.4. The smallest absolute Gasteiger partial charge is 0.312 e. The average molecular weight is 285 g/mol. The minimum Gasteiger partial charge on any atom is -0.312 e. The van der Waals surface area contributed by atoms with E-state index in [2.05, 4.69) is 5.43 Å². The average Bonchev–Trinajstić information content (AvgIpc) is 2.32. The Morgan fingerprint density at radius 3 is 2.45 bits per heavy atom. The third-order valence-electron chi connectivity index (χ3n) is 3.65. The highest BCUT2D eigenvalue weighted by atomic mass is 19.1. The van der Waals surface area contributed by atoms with Crippen LogP contribution in [0.25, 0.3) is 0 Å². The molecular formula is C13H17F2N3O2. The van der Waals surface area contributed by atoms with E-state index >= 15 is 0 Å². The molecule has 0 amide bonds.